The van der Waals surface area contributed by atoms with Crippen LogP contribution in [0.3, 0.4) is 0 Å². The van der Waals surface area contributed by atoms with E-state index in [4.69, 9.17) is 16.7 Å². The Morgan fingerprint density at radius 3 is 2.31 bits per heavy atom. The minimum atomic E-state index is -0.288. The van der Waals surface area contributed by atoms with E-state index in [0.29, 0.717) is 41.6 Å². The van der Waals surface area contributed by atoms with Gasteiger partial charge in [-0.05, 0) is 30.5 Å². The molecule has 0 aliphatic rings. The van der Waals surface area contributed by atoms with Crippen molar-refractivity contribution >= 4 is 29.2 Å². The van der Waals surface area contributed by atoms with Gasteiger partial charge in [0.1, 0.15) is 5.82 Å². The van der Waals surface area contributed by atoms with E-state index in [1.807, 2.05) is 91.9 Å². The number of nitrogens with one attached hydrogen (secondary N) is 1. The standard InChI is InChI=1S/C29H29ClN4O2/c1-2-19-33(29(36)18-17-22-11-5-3-6-12-22)21-28(35)31-27-20-25(23-13-7-4-8-14-23)32-34(27)26-16-10-9-15-24(26)30/h3-16,20H,2,17-19,21H2,1H3,(H,31,35). The van der Waals surface area contributed by atoms with Crippen LogP contribution in [0.15, 0.2) is 91.0 Å². The third kappa shape index (κ3) is 6.40. The second-order valence-electron chi connectivity index (χ2n) is 8.49. The van der Waals surface area contributed by atoms with E-state index < -0.39 is 0 Å². The Morgan fingerprint density at radius 1 is 0.944 bits per heavy atom. The smallest absolute Gasteiger partial charge is 0.245 e. The number of benzene rings is 3. The summed E-state index contributed by atoms with van der Waals surface area (Å²) >= 11 is 6.45. The zero-order valence-electron chi connectivity index (χ0n) is 20.2. The minimum Gasteiger partial charge on any atom is -0.333 e. The normalized spacial score (nSPS) is 10.7. The molecule has 7 heteroatoms. The van der Waals surface area contributed by atoms with E-state index >= 15 is 0 Å². The second kappa shape index (κ2) is 12.2. The van der Waals surface area contributed by atoms with Crippen LogP contribution in [-0.2, 0) is 16.0 Å². The molecule has 0 saturated heterocycles. The largest absolute Gasteiger partial charge is 0.333 e. The summed E-state index contributed by atoms with van der Waals surface area (Å²) in [5, 5.41) is 8.18. The van der Waals surface area contributed by atoms with Crippen molar-refractivity contribution in [2.45, 2.75) is 26.2 Å². The second-order valence-corrected chi connectivity index (χ2v) is 8.90. The average Bonchev–Trinajstić information content (AvgIpc) is 3.31. The number of halogens is 1. The quantitative estimate of drug-likeness (QED) is 0.290. The van der Waals surface area contributed by atoms with Gasteiger partial charge in [0.25, 0.3) is 0 Å². The lowest BCUT2D eigenvalue weighted by Gasteiger charge is -2.22. The molecule has 0 spiro atoms. The van der Waals surface area contributed by atoms with E-state index in [2.05, 4.69) is 5.32 Å². The van der Waals surface area contributed by atoms with Crippen molar-refractivity contribution in [1.82, 2.24) is 14.7 Å². The maximum atomic E-state index is 13.1. The third-order valence-electron chi connectivity index (χ3n) is 5.78. The van der Waals surface area contributed by atoms with Crippen LogP contribution in [0.2, 0.25) is 5.02 Å². The number of carbonyl (C=O) groups is 2. The van der Waals surface area contributed by atoms with Gasteiger partial charge in [-0.25, -0.2) is 4.68 Å². The van der Waals surface area contributed by atoms with E-state index in [9.17, 15) is 9.59 Å². The van der Waals surface area contributed by atoms with Gasteiger partial charge in [-0.3, -0.25) is 9.59 Å². The third-order valence-corrected chi connectivity index (χ3v) is 6.10. The Balaban J connectivity index is 1.52. The molecule has 1 N–H and O–H groups in total. The molecule has 0 fully saturated rings. The Morgan fingerprint density at radius 2 is 1.61 bits per heavy atom. The number of nitrogens with zero attached hydrogens (tertiary/aromatic N) is 3. The Hall–Kier alpha value is -3.90. The van der Waals surface area contributed by atoms with Gasteiger partial charge in [-0.2, -0.15) is 5.10 Å². The zero-order chi connectivity index (χ0) is 25.3. The lowest BCUT2D eigenvalue weighted by molar-refractivity contribution is -0.134. The fourth-order valence-electron chi connectivity index (χ4n) is 4.00. The zero-order valence-corrected chi connectivity index (χ0v) is 21.0. The Kier molecular flexibility index (Phi) is 8.53. The number of rotatable bonds is 10. The predicted molar refractivity (Wildman–Crippen MR) is 144 cm³/mol. The molecule has 36 heavy (non-hydrogen) atoms. The van der Waals surface area contributed by atoms with Crippen LogP contribution in [-0.4, -0.2) is 39.6 Å². The molecule has 3 aromatic carbocycles. The molecule has 0 atom stereocenters. The van der Waals surface area contributed by atoms with Crippen molar-refractivity contribution in [3.8, 4) is 16.9 Å². The summed E-state index contributed by atoms with van der Waals surface area (Å²) in [6, 6.07) is 28.8. The molecule has 4 rings (SSSR count). The molecule has 0 aliphatic heterocycles. The van der Waals surface area contributed by atoms with E-state index in [1.165, 1.54) is 0 Å². The van der Waals surface area contributed by atoms with Crippen LogP contribution in [0.25, 0.3) is 16.9 Å². The van der Waals surface area contributed by atoms with Crippen molar-refractivity contribution in [3.63, 3.8) is 0 Å². The highest BCUT2D eigenvalue weighted by atomic mass is 35.5. The number of anilines is 1. The lowest BCUT2D eigenvalue weighted by atomic mass is 10.1. The number of hydrogen-bond acceptors (Lipinski definition) is 3. The van der Waals surface area contributed by atoms with Crippen molar-refractivity contribution < 1.29 is 9.59 Å². The lowest BCUT2D eigenvalue weighted by Crippen LogP contribution is -2.38. The SMILES string of the molecule is CCCN(CC(=O)Nc1cc(-c2ccccc2)nn1-c1ccccc1Cl)C(=O)CCc1ccccc1. The fraction of sp³-hybridized carbons (Fsp3) is 0.207. The van der Waals surface area contributed by atoms with Crippen LogP contribution < -0.4 is 5.32 Å². The van der Waals surface area contributed by atoms with Gasteiger partial charge in [0, 0.05) is 24.6 Å². The van der Waals surface area contributed by atoms with E-state index in [0.717, 1.165) is 17.5 Å². The van der Waals surface area contributed by atoms with E-state index in [-0.39, 0.29) is 18.4 Å². The highest BCUT2D eigenvalue weighted by Gasteiger charge is 2.19. The Labute approximate surface area is 216 Å². The monoisotopic (exact) mass is 500 g/mol. The molecule has 0 unspecified atom stereocenters. The summed E-state index contributed by atoms with van der Waals surface area (Å²) in [4.78, 5) is 27.7. The van der Waals surface area contributed by atoms with Crippen molar-refractivity contribution in [2.24, 2.45) is 0 Å². The summed E-state index contributed by atoms with van der Waals surface area (Å²) in [5.41, 5.74) is 3.38. The summed E-state index contributed by atoms with van der Waals surface area (Å²) < 4.78 is 1.63. The number of hydrogen-bond donors (Lipinski definition) is 1. The number of carbonyl (C=O) groups excluding carboxylic acids is 2. The molecule has 184 valence electrons. The molecule has 0 bridgehead atoms. The fourth-order valence-corrected chi connectivity index (χ4v) is 4.21. The van der Waals surface area contributed by atoms with Gasteiger partial charge in [0.15, 0.2) is 0 Å². The van der Waals surface area contributed by atoms with Crippen molar-refractivity contribution in [2.75, 3.05) is 18.4 Å². The van der Waals surface area contributed by atoms with Crippen LogP contribution in [0, 0.1) is 0 Å². The minimum absolute atomic E-state index is 0.0319. The topological polar surface area (TPSA) is 67.2 Å². The predicted octanol–water partition coefficient (Wildman–Crippen LogP) is 6.00. The summed E-state index contributed by atoms with van der Waals surface area (Å²) in [6.45, 7) is 2.48. The molecule has 6 nitrogen and oxygen atoms in total. The number of aromatic nitrogens is 2. The van der Waals surface area contributed by atoms with Crippen LogP contribution in [0.5, 0.6) is 0 Å². The first kappa shape index (κ1) is 25.2. The van der Waals surface area contributed by atoms with Gasteiger partial charge < -0.3 is 10.2 Å². The molecule has 1 heterocycles. The summed E-state index contributed by atoms with van der Waals surface area (Å²) in [6.07, 6.45) is 1.76. The Bertz CT molecular complexity index is 1310. The average molecular weight is 501 g/mol. The summed E-state index contributed by atoms with van der Waals surface area (Å²) in [5.74, 6) is 0.157. The molecule has 2 amide bonds. The van der Waals surface area contributed by atoms with Crippen molar-refractivity contribution in [3.05, 3.63) is 102 Å². The van der Waals surface area contributed by atoms with Crippen LogP contribution >= 0.6 is 11.6 Å². The molecule has 0 aliphatic carbocycles. The molecular formula is C29H29ClN4O2. The summed E-state index contributed by atoms with van der Waals surface area (Å²) in [7, 11) is 0. The molecule has 0 radical (unpaired) electrons. The first-order valence-corrected chi connectivity index (χ1v) is 12.4. The van der Waals surface area contributed by atoms with Gasteiger partial charge in [-0.15, -0.1) is 0 Å². The van der Waals surface area contributed by atoms with Gasteiger partial charge in [-0.1, -0.05) is 91.3 Å². The number of amides is 2. The van der Waals surface area contributed by atoms with Crippen LogP contribution in [0.4, 0.5) is 5.82 Å². The van der Waals surface area contributed by atoms with Gasteiger partial charge in [0.05, 0.1) is 22.9 Å². The molecule has 1 aromatic heterocycles. The number of aryl methyl sites for hydroxylation is 1. The van der Waals surface area contributed by atoms with Crippen LogP contribution in [0.1, 0.15) is 25.3 Å². The molecule has 4 aromatic rings. The van der Waals surface area contributed by atoms with E-state index in [1.54, 1.807) is 15.6 Å². The number of para-hydroxylation sites is 1. The molecule has 0 saturated carbocycles. The first-order valence-electron chi connectivity index (χ1n) is 12.1. The van der Waals surface area contributed by atoms with Gasteiger partial charge >= 0.3 is 0 Å². The maximum absolute atomic E-state index is 13.1. The highest BCUT2D eigenvalue weighted by molar-refractivity contribution is 6.32. The first-order chi connectivity index (χ1) is 17.5. The molecular weight excluding hydrogens is 472 g/mol. The van der Waals surface area contributed by atoms with Crippen molar-refractivity contribution in [1.29, 1.82) is 0 Å². The highest BCUT2D eigenvalue weighted by Crippen LogP contribution is 2.28. The maximum Gasteiger partial charge on any atom is 0.245 e. The van der Waals surface area contributed by atoms with Gasteiger partial charge in [0.2, 0.25) is 11.8 Å².